The second-order valence-corrected chi connectivity index (χ2v) is 7.20. The van der Waals surface area contributed by atoms with Crippen LogP contribution in [0.4, 0.5) is 16.2 Å². The summed E-state index contributed by atoms with van der Waals surface area (Å²) in [5.74, 6) is -1.32. The predicted molar refractivity (Wildman–Crippen MR) is 101 cm³/mol. The Labute approximate surface area is 169 Å². The number of imidazole rings is 1. The zero-order chi connectivity index (χ0) is 22.6. The highest BCUT2D eigenvalue weighted by molar-refractivity contribution is 5.80. The summed E-state index contributed by atoms with van der Waals surface area (Å²) in [6.07, 6.45) is 1.40. The van der Waals surface area contributed by atoms with Crippen LogP contribution < -0.4 is 5.32 Å². The largest absolute Gasteiger partial charge is 0.480 e. The van der Waals surface area contributed by atoms with Crippen LogP contribution in [0.15, 0.2) is 30.7 Å². The highest BCUT2D eigenvalue weighted by atomic mass is 16.6. The normalized spacial score (nSPS) is 12.1. The van der Waals surface area contributed by atoms with Gasteiger partial charge in [0.05, 0.1) is 27.9 Å². The number of hydrogen-bond donors (Lipinski definition) is 2. The van der Waals surface area contributed by atoms with E-state index in [2.05, 4.69) is 10.3 Å². The number of ether oxygens (including phenoxy) is 1. The van der Waals surface area contributed by atoms with Crippen molar-refractivity contribution in [3.63, 3.8) is 0 Å². The third kappa shape index (κ3) is 5.73. The van der Waals surface area contributed by atoms with E-state index in [1.807, 2.05) is 0 Å². The van der Waals surface area contributed by atoms with Crippen molar-refractivity contribution in [1.29, 1.82) is 0 Å². The maximum Gasteiger partial charge on any atom is 0.408 e. The summed E-state index contributed by atoms with van der Waals surface area (Å²) >= 11 is 0. The van der Waals surface area contributed by atoms with Crippen molar-refractivity contribution < 1.29 is 29.3 Å². The summed E-state index contributed by atoms with van der Waals surface area (Å²) in [5.41, 5.74) is -1.56. The van der Waals surface area contributed by atoms with Crippen molar-refractivity contribution in [1.82, 2.24) is 14.9 Å². The Morgan fingerprint density at radius 2 is 1.93 bits per heavy atom. The minimum Gasteiger partial charge on any atom is -0.480 e. The fourth-order valence-corrected chi connectivity index (χ4v) is 2.45. The summed E-state index contributed by atoms with van der Waals surface area (Å²) in [6.45, 7) is 4.88. The van der Waals surface area contributed by atoms with E-state index >= 15 is 0 Å². The maximum atomic E-state index is 11.8. The number of aliphatic carboxylic acids is 1. The van der Waals surface area contributed by atoms with E-state index in [0.29, 0.717) is 0 Å². The van der Waals surface area contributed by atoms with Gasteiger partial charge < -0.3 is 15.2 Å². The van der Waals surface area contributed by atoms with Crippen LogP contribution >= 0.6 is 0 Å². The van der Waals surface area contributed by atoms with Crippen molar-refractivity contribution in [3.8, 4) is 5.69 Å². The van der Waals surface area contributed by atoms with Crippen molar-refractivity contribution in [3.05, 3.63) is 56.6 Å². The SMILES string of the molecule is CC(C)(C)OC(=O)NC(Cc1cn(-c2ccc([N+](=O)[O-])cc2[N+](=O)[O-])cn1)C(=O)O. The van der Waals surface area contributed by atoms with Crippen LogP contribution in [0.5, 0.6) is 0 Å². The zero-order valence-corrected chi connectivity index (χ0v) is 16.3. The molecule has 1 atom stereocenters. The van der Waals surface area contributed by atoms with Gasteiger partial charge in [-0.2, -0.15) is 0 Å². The summed E-state index contributed by atoms with van der Waals surface area (Å²) in [4.78, 5) is 47.9. The summed E-state index contributed by atoms with van der Waals surface area (Å²) in [7, 11) is 0. The number of carboxylic acids is 1. The number of alkyl carbamates (subject to hydrolysis) is 1. The number of aromatic nitrogens is 2. The second kappa shape index (κ2) is 8.55. The Bertz CT molecular complexity index is 994. The minimum absolute atomic E-state index is 0.0105. The van der Waals surface area contributed by atoms with Gasteiger partial charge in [-0.3, -0.25) is 24.8 Å². The van der Waals surface area contributed by atoms with Gasteiger partial charge in [0.25, 0.3) is 11.4 Å². The molecule has 0 saturated heterocycles. The number of nitro benzene ring substituents is 2. The fraction of sp³-hybridized carbons (Fsp3) is 0.353. The number of carbonyl (C=O) groups is 2. The average molecular weight is 421 g/mol. The van der Waals surface area contributed by atoms with Crippen LogP contribution in [0.1, 0.15) is 26.5 Å². The number of non-ortho nitro benzene ring substituents is 1. The molecule has 160 valence electrons. The highest BCUT2D eigenvalue weighted by Gasteiger charge is 2.26. The third-order valence-corrected chi connectivity index (χ3v) is 3.68. The Morgan fingerprint density at radius 1 is 1.27 bits per heavy atom. The molecule has 0 saturated carbocycles. The minimum atomic E-state index is -1.35. The number of hydrogen-bond acceptors (Lipinski definition) is 8. The Balaban J connectivity index is 2.25. The molecule has 1 aromatic heterocycles. The molecule has 0 bridgehead atoms. The van der Waals surface area contributed by atoms with Crippen molar-refractivity contribution in [2.24, 2.45) is 0 Å². The lowest BCUT2D eigenvalue weighted by atomic mass is 10.1. The Hall–Kier alpha value is -4.03. The fourth-order valence-electron chi connectivity index (χ4n) is 2.45. The van der Waals surface area contributed by atoms with Gasteiger partial charge in [0.2, 0.25) is 0 Å². The van der Waals surface area contributed by atoms with Gasteiger partial charge in [-0.1, -0.05) is 0 Å². The molecule has 0 spiro atoms. The molecular weight excluding hydrogens is 402 g/mol. The van der Waals surface area contributed by atoms with E-state index < -0.39 is 44.9 Å². The highest BCUT2D eigenvalue weighted by Crippen LogP contribution is 2.28. The van der Waals surface area contributed by atoms with Gasteiger partial charge in [-0.15, -0.1) is 0 Å². The van der Waals surface area contributed by atoms with Gasteiger partial charge in [-0.05, 0) is 26.8 Å². The predicted octanol–water partition coefficient (Wildman–Crippen LogP) is 2.21. The number of nitrogens with one attached hydrogen (secondary N) is 1. The number of benzene rings is 1. The van der Waals surface area contributed by atoms with Crippen LogP contribution in [0.2, 0.25) is 0 Å². The molecule has 2 aromatic rings. The molecule has 0 radical (unpaired) electrons. The number of amides is 1. The molecule has 1 unspecified atom stereocenters. The molecule has 0 aliphatic heterocycles. The first-order valence-electron chi connectivity index (χ1n) is 8.56. The molecule has 2 N–H and O–H groups in total. The van der Waals surface area contributed by atoms with Gasteiger partial charge in [0.15, 0.2) is 0 Å². The summed E-state index contributed by atoms with van der Waals surface area (Å²) in [5, 5.41) is 33.7. The lowest BCUT2D eigenvalue weighted by Gasteiger charge is -2.21. The van der Waals surface area contributed by atoms with Crippen LogP contribution in [0.3, 0.4) is 0 Å². The van der Waals surface area contributed by atoms with E-state index in [-0.39, 0.29) is 17.8 Å². The zero-order valence-electron chi connectivity index (χ0n) is 16.3. The van der Waals surface area contributed by atoms with Crippen LogP contribution in [0.25, 0.3) is 5.69 Å². The molecule has 13 heteroatoms. The molecule has 1 aromatic carbocycles. The number of rotatable bonds is 7. The Kier molecular flexibility index (Phi) is 6.34. The summed E-state index contributed by atoms with van der Waals surface area (Å²) < 4.78 is 6.27. The number of carboxylic acid groups (broad SMARTS) is 1. The number of nitrogens with zero attached hydrogens (tertiary/aromatic N) is 4. The molecular formula is C17H19N5O8. The lowest BCUT2D eigenvalue weighted by molar-refractivity contribution is -0.394. The van der Waals surface area contributed by atoms with Crippen molar-refractivity contribution in [2.75, 3.05) is 0 Å². The van der Waals surface area contributed by atoms with E-state index in [4.69, 9.17) is 4.74 Å². The first kappa shape index (κ1) is 22.3. The van der Waals surface area contributed by atoms with Gasteiger partial charge in [0.1, 0.15) is 17.3 Å². The molecule has 0 aliphatic carbocycles. The molecule has 0 fully saturated rings. The monoisotopic (exact) mass is 421 g/mol. The molecule has 1 heterocycles. The van der Waals surface area contributed by atoms with E-state index in [1.54, 1.807) is 20.8 Å². The molecule has 13 nitrogen and oxygen atoms in total. The van der Waals surface area contributed by atoms with Gasteiger partial charge in [-0.25, -0.2) is 14.6 Å². The lowest BCUT2D eigenvalue weighted by Crippen LogP contribution is -2.44. The quantitative estimate of drug-likeness (QED) is 0.500. The first-order valence-corrected chi connectivity index (χ1v) is 8.56. The molecule has 0 aliphatic rings. The standard InChI is InChI=1S/C17H19N5O8/c1-17(2,3)30-16(25)19-12(15(23)24)6-10-8-20(9-18-10)13-5-4-11(21(26)27)7-14(13)22(28)29/h4-5,7-9,12H,6H2,1-3H3,(H,19,25)(H,23,24). The molecule has 30 heavy (non-hydrogen) atoms. The van der Waals surface area contributed by atoms with Crippen LogP contribution in [-0.2, 0) is 16.0 Å². The van der Waals surface area contributed by atoms with E-state index in [9.17, 15) is 34.9 Å². The van der Waals surface area contributed by atoms with Crippen LogP contribution in [-0.4, -0.2) is 48.2 Å². The first-order chi connectivity index (χ1) is 13.9. The number of nitro groups is 2. The molecule has 1 amide bonds. The summed E-state index contributed by atoms with van der Waals surface area (Å²) in [6, 6.07) is 1.76. The van der Waals surface area contributed by atoms with E-state index in [1.165, 1.54) is 23.2 Å². The van der Waals surface area contributed by atoms with Crippen molar-refractivity contribution >= 4 is 23.4 Å². The van der Waals surface area contributed by atoms with Crippen molar-refractivity contribution in [2.45, 2.75) is 38.8 Å². The number of carbonyl (C=O) groups excluding carboxylic acids is 1. The molecule has 2 rings (SSSR count). The second-order valence-electron chi connectivity index (χ2n) is 7.20. The maximum absolute atomic E-state index is 11.8. The topological polar surface area (TPSA) is 180 Å². The van der Waals surface area contributed by atoms with Gasteiger partial charge in [0, 0.05) is 18.7 Å². The van der Waals surface area contributed by atoms with E-state index in [0.717, 1.165) is 12.1 Å². The van der Waals surface area contributed by atoms with Crippen LogP contribution in [0, 0.1) is 20.2 Å². The smallest absolute Gasteiger partial charge is 0.408 e. The average Bonchev–Trinajstić information content (AvgIpc) is 3.07. The third-order valence-electron chi connectivity index (χ3n) is 3.68. The Morgan fingerprint density at radius 3 is 2.47 bits per heavy atom. The van der Waals surface area contributed by atoms with Gasteiger partial charge >= 0.3 is 12.1 Å².